The number of sulfone groups is 1. The van der Waals surface area contributed by atoms with Crippen molar-refractivity contribution in [2.45, 2.75) is 15.9 Å². The van der Waals surface area contributed by atoms with E-state index < -0.39 is 15.9 Å². The highest BCUT2D eigenvalue weighted by atomic mass is 32.2. The largest absolute Gasteiger partial charge is 0.381 e. The highest BCUT2D eigenvalue weighted by Gasteiger charge is 2.18. The molecule has 0 aliphatic heterocycles. The fraction of sp³-hybridized carbons (Fsp3) is 0.0667. The summed E-state index contributed by atoms with van der Waals surface area (Å²) in [6.45, 7) is 0. The molecule has 0 fully saturated rings. The van der Waals surface area contributed by atoms with Crippen LogP contribution >= 0.6 is 11.3 Å². The molecule has 0 aliphatic rings. The first-order chi connectivity index (χ1) is 11.1. The van der Waals surface area contributed by atoms with Crippen molar-refractivity contribution in [3.63, 3.8) is 0 Å². The third-order valence-corrected chi connectivity index (χ3v) is 5.90. The number of benzene rings is 1. The van der Waals surface area contributed by atoms with Crippen LogP contribution in [0.1, 0.15) is 16.8 Å². The van der Waals surface area contributed by atoms with Gasteiger partial charge in [-0.2, -0.15) is 5.10 Å². The molecular formula is C15H13N3O3S2. The van der Waals surface area contributed by atoms with Crippen molar-refractivity contribution >= 4 is 27.3 Å². The van der Waals surface area contributed by atoms with Crippen molar-refractivity contribution in [2.24, 2.45) is 0 Å². The second kappa shape index (κ2) is 6.45. The fourth-order valence-corrected chi connectivity index (χ4v) is 4.40. The number of aliphatic hydroxyl groups excluding tert-OH is 1. The van der Waals surface area contributed by atoms with Crippen LogP contribution in [0.15, 0.2) is 64.0 Å². The second-order valence-electron chi connectivity index (χ2n) is 4.66. The van der Waals surface area contributed by atoms with Crippen LogP contribution in [0.5, 0.6) is 0 Å². The molecule has 2 heterocycles. The van der Waals surface area contributed by atoms with E-state index in [1.807, 2.05) is 0 Å². The van der Waals surface area contributed by atoms with E-state index in [0.717, 1.165) is 0 Å². The van der Waals surface area contributed by atoms with Gasteiger partial charge < -0.3 is 5.11 Å². The van der Waals surface area contributed by atoms with E-state index in [9.17, 15) is 13.5 Å². The Labute approximate surface area is 137 Å². The molecule has 0 aliphatic carbocycles. The van der Waals surface area contributed by atoms with E-state index in [1.165, 1.54) is 23.7 Å². The topological polar surface area (TPSA) is 95.9 Å². The van der Waals surface area contributed by atoms with Gasteiger partial charge in [0.2, 0.25) is 9.84 Å². The number of H-pyrrole nitrogens is 1. The van der Waals surface area contributed by atoms with Gasteiger partial charge in [-0.05, 0) is 30.4 Å². The normalized spacial score (nSPS) is 13.4. The van der Waals surface area contributed by atoms with E-state index in [4.69, 9.17) is 0 Å². The van der Waals surface area contributed by atoms with Crippen LogP contribution in [-0.4, -0.2) is 28.7 Å². The zero-order valence-electron chi connectivity index (χ0n) is 11.8. The minimum Gasteiger partial charge on any atom is -0.381 e. The number of thiophene rings is 1. The summed E-state index contributed by atoms with van der Waals surface area (Å²) in [5.41, 5.74) is 0. The predicted molar refractivity (Wildman–Crippen MR) is 86.6 cm³/mol. The van der Waals surface area contributed by atoms with Crippen LogP contribution in [0.2, 0.25) is 0 Å². The molecule has 1 atom stereocenters. The van der Waals surface area contributed by atoms with Crippen LogP contribution in [0.25, 0.3) is 6.08 Å². The Morgan fingerprint density at radius 2 is 2.00 bits per heavy atom. The van der Waals surface area contributed by atoms with Crippen molar-refractivity contribution in [3.05, 3.63) is 64.9 Å². The van der Waals surface area contributed by atoms with E-state index in [2.05, 4.69) is 15.2 Å². The average molecular weight is 347 g/mol. The fourth-order valence-electron chi connectivity index (χ4n) is 1.93. The van der Waals surface area contributed by atoms with E-state index >= 15 is 0 Å². The van der Waals surface area contributed by atoms with Crippen LogP contribution in [0, 0.1) is 0 Å². The molecule has 2 N–H and O–H groups in total. The van der Waals surface area contributed by atoms with Crippen LogP contribution in [0.4, 0.5) is 0 Å². The van der Waals surface area contributed by atoms with E-state index in [1.54, 1.807) is 47.9 Å². The maximum Gasteiger partial charge on any atom is 0.207 e. The van der Waals surface area contributed by atoms with Gasteiger partial charge in [-0.1, -0.05) is 18.2 Å². The van der Waals surface area contributed by atoms with Crippen molar-refractivity contribution in [1.29, 1.82) is 0 Å². The molecule has 0 spiro atoms. The minimum atomic E-state index is -3.52. The number of hydrogen-bond acceptors (Lipinski definition) is 6. The number of aliphatic hydroxyl groups is 1. The van der Waals surface area contributed by atoms with Crippen LogP contribution in [0.3, 0.4) is 0 Å². The molecule has 0 bridgehead atoms. The zero-order chi connectivity index (χ0) is 16.3. The molecule has 0 radical (unpaired) electrons. The summed E-state index contributed by atoms with van der Waals surface area (Å²) >= 11 is 1.28. The average Bonchev–Trinajstić information content (AvgIpc) is 3.25. The van der Waals surface area contributed by atoms with Gasteiger partial charge in [-0.25, -0.2) is 13.4 Å². The molecule has 6 nitrogen and oxygen atoms in total. The lowest BCUT2D eigenvalue weighted by Crippen LogP contribution is -1.99. The highest BCUT2D eigenvalue weighted by Crippen LogP contribution is 2.26. The van der Waals surface area contributed by atoms with Gasteiger partial charge in [-0.15, -0.1) is 11.3 Å². The highest BCUT2D eigenvalue weighted by molar-refractivity contribution is 7.91. The van der Waals surface area contributed by atoms with Crippen molar-refractivity contribution in [3.8, 4) is 0 Å². The number of nitrogens with one attached hydrogen (secondary N) is 1. The molecular weight excluding hydrogens is 334 g/mol. The van der Waals surface area contributed by atoms with Crippen molar-refractivity contribution in [2.75, 3.05) is 0 Å². The Morgan fingerprint density at radius 1 is 1.22 bits per heavy atom. The van der Waals surface area contributed by atoms with Crippen LogP contribution in [-0.2, 0) is 9.84 Å². The smallest absolute Gasteiger partial charge is 0.207 e. The summed E-state index contributed by atoms with van der Waals surface area (Å²) < 4.78 is 25.0. The molecule has 0 amide bonds. The third kappa shape index (κ3) is 3.39. The summed E-state index contributed by atoms with van der Waals surface area (Å²) in [6.07, 6.45) is 3.59. The molecule has 8 heteroatoms. The first-order valence-electron chi connectivity index (χ1n) is 6.68. The maximum atomic E-state index is 12.5. The second-order valence-corrected chi connectivity index (χ2v) is 7.56. The third-order valence-electron chi connectivity index (χ3n) is 3.10. The Balaban J connectivity index is 1.81. The summed E-state index contributed by atoms with van der Waals surface area (Å²) in [4.78, 5) is 5.06. The van der Waals surface area contributed by atoms with Gasteiger partial charge in [0.1, 0.15) is 12.4 Å². The maximum absolute atomic E-state index is 12.5. The summed E-state index contributed by atoms with van der Waals surface area (Å²) in [6, 6.07) is 9.85. The molecule has 118 valence electrons. The lowest BCUT2D eigenvalue weighted by molar-refractivity contribution is 0.219. The molecule has 0 saturated heterocycles. The van der Waals surface area contributed by atoms with Gasteiger partial charge in [-0.3, -0.25) is 5.10 Å². The van der Waals surface area contributed by atoms with Gasteiger partial charge in [0.05, 0.1) is 9.79 Å². The molecule has 1 unspecified atom stereocenters. The molecule has 23 heavy (non-hydrogen) atoms. The molecule has 1 aromatic carbocycles. The Morgan fingerprint density at radius 3 is 2.70 bits per heavy atom. The Kier molecular flexibility index (Phi) is 4.37. The minimum absolute atomic E-state index is 0.237. The quantitative estimate of drug-likeness (QED) is 0.739. The first kappa shape index (κ1) is 15.6. The number of aromatic amines is 1. The lowest BCUT2D eigenvalue weighted by atomic mass is 10.3. The Hall–Kier alpha value is -2.29. The van der Waals surface area contributed by atoms with Gasteiger partial charge in [0.15, 0.2) is 5.82 Å². The summed E-state index contributed by atoms with van der Waals surface area (Å²) in [5.74, 6) is 0.259. The molecule has 2 aromatic heterocycles. The van der Waals surface area contributed by atoms with Gasteiger partial charge >= 0.3 is 0 Å². The number of nitrogens with zero attached hydrogens (tertiary/aromatic N) is 2. The number of aromatic nitrogens is 3. The monoisotopic (exact) mass is 347 g/mol. The van der Waals surface area contributed by atoms with Crippen LogP contribution < -0.4 is 0 Å². The SMILES string of the molecule is O=S(=O)(c1ccccc1)c1csc(C=CC(O)c2nc[nH]n2)c1. The number of hydrogen-bond donors (Lipinski definition) is 2. The van der Waals surface area contributed by atoms with Gasteiger partial charge in [0.25, 0.3) is 0 Å². The Bertz CT molecular complexity index is 901. The van der Waals surface area contributed by atoms with Crippen molar-refractivity contribution in [1.82, 2.24) is 15.2 Å². The zero-order valence-corrected chi connectivity index (χ0v) is 13.5. The lowest BCUT2D eigenvalue weighted by Gasteiger charge is -2.00. The van der Waals surface area contributed by atoms with Crippen molar-refractivity contribution < 1.29 is 13.5 Å². The van der Waals surface area contributed by atoms with Gasteiger partial charge in [0, 0.05) is 10.3 Å². The standard InChI is InChI=1S/C15H13N3O3S2/c19-14(15-16-10-17-18-15)7-6-11-8-13(9-22-11)23(20,21)12-4-2-1-3-5-12/h1-10,14,19H,(H,16,17,18). The molecule has 3 rings (SSSR count). The van der Waals surface area contributed by atoms with E-state index in [0.29, 0.717) is 4.88 Å². The molecule has 0 saturated carbocycles. The predicted octanol–water partition coefficient (Wildman–Crippen LogP) is 2.45. The summed E-state index contributed by atoms with van der Waals surface area (Å²) in [7, 11) is -3.52. The summed E-state index contributed by atoms with van der Waals surface area (Å²) in [5, 5.41) is 17.8. The first-order valence-corrected chi connectivity index (χ1v) is 9.04. The van der Waals surface area contributed by atoms with E-state index in [-0.39, 0.29) is 15.6 Å². The molecule has 3 aromatic rings. The number of rotatable bonds is 5.